The minimum absolute atomic E-state index is 0.210. The summed E-state index contributed by atoms with van der Waals surface area (Å²) in [6.07, 6.45) is 1.49. The number of likely N-dealkylation sites (tertiary alicyclic amines) is 1. The predicted octanol–water partition coefficient (Wildman–Crippen LogP) is 1.77. The van der Waals surface area contributed by atoms with Gasteiger partial charge in [0.1, 0.15) is 0 Å². The molecule has 0 aliphatic carbocycles. The number of hydrogen-bond donors (Lipinski definition) is 2. The van der Waals surface area contributed by atoms with Crippen LogP contribution in [-0.2, 0) is 11.3 Å². The fourth-order valence-electron chi connectivity index (χ4n) is 2.99. The zero-order valence-electron chi connectivity index (χ0n) is 16.2. The van der Waals surface area contributed by atoms with E-state index in [1.807, 2.05) is 36.9 Å². The molecule has 0 spiro atoms. The highest BCUT2D eigenvalue weighted by Crippen LogP contribution is 2.27. The number of ether oxygens (including phenoxy) is 2. The lowest BCUT2D eigenvalue weighted by molar-refractivity contribution is -0.129. The maximum absolute atomic E-state index is 11.8. The highest BCUT2D eigenvalue weighted by molar-refractivity contribution is 5.80. The van der Waals surface area contributed by atoms with Gasteiger partial charge in [-0.2, -0.15) is 0 Å². The van der Waals surface area contributed by atoms with Gasteiger partial charge in [-0.3, -0.25) is 4.79 Å². The lowest BCUT2D eigenvalue weighted by Gasteiger charge is -2.18. The molecule has 1 amide bonds. The molecule has 2 rings (SSSR count). The van der Waals surface area contributed by atoms with Gasteiger partial charge < -0.3 is 25.0 Å². The van der Waals surface area contributed by atoms with E-state index in [2.05, 4.69) is 15.6 Å². The van der Waals surface area contributed by atoms with Crippen LogP contribution in [0.1, 0.15) is 32.3 Å². The van der Waals surface area contributed by atoms with Crippen LogP contribution in [0.2, 0.25) is 0 Å². The van der Waals surface area contributed by atoms with Crippen molar-refractivity contribution in [3.63, 3.8) is 0 Å². The van der Waals surface area contributed by atoms with Gasteiger partial charge in [0.2, 0.25) is 5.91 Å². The van der Waals surface area contributed by atoms with Crippen molar-refractivity contribution in [3.8, 4) is 11.5 Å². The van der Waals surface area contributed by atoms with Gasteiger partial charge in [-0.05, 0) is 31.0 Å². The predicted molar refractivity (Wildman–Crippen MR) is 103 cm³/mol. The van der Waals surface area contributed by atoms with Crippen LogP contribution in [0.5, 0.6) is 11.5 Å². The fraction of sp³-hybridized carbons (Fsp3) is 0.579. The standard InChI is InChI=1S/C19H30N4O3/c1-5-18(24)23-10-9-15(13-23)22-19(20-6-2)21-12-14-7-8-16(25-3)17(11-14)26-4/h7-8,11,15H,5-6,9-10,12-13H2,1-4H3,(H2,20,21,22). The first-order valence-corrected chi connectivity index (χ1v) is 9.14. The number of nitrogens with zero attached hydrogens (tertiary/aromatic N) is 2. The van der Waals surface area contributed by atoms with Crippen LogP contribution in [0.25, 0.3) is 0 Å². The summed E-state index contributed by atoms with van der Waals surface area (Å²) >= 11 is 0. The number of methoxy groups -OCH3 is 2. The molecule has 7 nitrogen and oxygen atoms in total. The van der Waals surface area contributed by atoms with Crippen molar-refractivity contribution in [1.82, 2.24) is 15.5 Å². The normalized spacial score (nSPS) is 17.2. The minimum Gasteiger partial charge on any atom is -0.493 e. The summed E-state index contributed by atoms with van der Waals surface area (Å²) in [4.78, 5) is 18.4. The molecular formula is C19H30N4O3. The molecule has 1 atom stereocenters. The van der Waals surface area contributed by atoms with E-state index in [1.54, 1.807) is 14.2 Å². The van der Waals surface area contributed by atoms with Crippen molar-refractivity contribution >= 4 is 11.9 Å². The average molecular weight is 362 g/mol. The van der Waals surface area contributed by atoms with E-state index in [0.29, 0.717) is 24.5 Å². The van der Waals surface area contributed by atoms with Gasteiger partial charge in [-0.15, -0.1) is 0 Å². The third-order valence-corrected chi connectivity index (χ3v) is 4.40. The zero-order valence-corrected chi connectivity index (χ0v) is 16.2. The van der Waals surface area contributed by atoms with Crippen LogP contribution < -0.4 is 20.1 Å². The number of benzene rings is 1. The lowest BCUT2D eigenvalue weighted by Crippen LogP contribution is -2.45. The Morgan fingerprint density at radius 2 is 2.04 bits per heavy atom. The summed E-state index contributed by atoms with van der Waals surface area (Å²) in [5, 5.41) is 6.70. The third kappa shape index (κ3) is 5.28. The Labute approximate surface area is 155 Å². The van der Waals surface area contributed by atoms with Crippen LogP contribution in [0.3, 0.4) is 0 Å². The number of rotatable bonds is 7. The molecule has 0 radical (unpaired) electrons. The maximum Gasteiger partial charge on any atom is 0.222 e. The molecule has 144 valence electrons. The van der Waals surface area contributed by atoms with E-state index in [-0.39, 0.29) is 11.9 Å². The SMILES string of the molecule is CCNC(=NCc1ccc(OC)c(OC)c1)NC1CCN(C(=O)CC)C1. The smallest absolute Gasteiger partial charge is 0.222 e. The number of aliphatic imine (C=N–C) groups is 1. The number of nitrogens with one attached hydrogen (secondary N) is 2. The molecule has 1 unspecified atom stereocenters. The van der Waals surface area contributed by atoms with E-state index in [4.69, 9.17) is 9.47 Å². The molecule has 1 fully saturated rings. The number of carbonyl (C=O) groups is 1. The monoisotopic (exact) mass is 362 g/mol. The molecule has 0 bridgehead atoms. The Balaban J connectivity index is 1.99. The van der Waals surface area contributed by atoms with Gasteiger partial charge in [0.15, 0.2) is 17.5 Å². The second-order valence-electron chi connectivity index (χ2n) is 6.21. The van der Waals surface area contributed by atoms with E-state index < -0.39 is 0 Å². The van der Waals surface area contributed by atoms with Crippen LogP contribution in [-0.4, -0.2) is 56.7 Å². The summed E-state index contributed by atoms with van der Waals surface area (Å²) in [7, 11) is 3.25. The largest absolute Gasteiger partial charge is 0.493 e. The molecule has 1 aromatic carbocycles. The Kier molecular flexibility index (Phi) is 7.56. The van der Waals surface area contributed by atoms with Gasteiger partial charge in [-0.25, -0.2) is 4.99 Å². The topological polar surface area (TPSA) is 75.2 Å². The van der Waals surface area contributed by atoms with Gasteiger partial charge in [0, 0.05) is 32.1 Å². The maximum atomic E-state index is 11.8. The van der Waals surface area contributed by atoms with Crippen molar-refractivity contribution in [2.24, 2.45) is 4.99 Å². The summed E-state index contributed by atoms with van der Waals surface area (Å²) in [5.74, 6) is 2.37. The molecule has 1 aliphatic rings. The Bertz CT molecular complexity index is 633. The molecule has 1 aliphatic heterocycles. The van der Waals surface area contributed by atoms with Gasteiger partial charge in [0.05, 0.1) is 20.8 Å². The van der Waals surface area contributed by atoms with Crippen molar-refractivity contribution in [3.05, 3.63) is 23.8 Å². The highest BCUT2D eigenvalue weighted by atomic mass is 16.5. The minimum atomic E-state index is 0.210. The van der Waals surface area contributed by atoms with Crippen LogP contribution >= 0.6 is 0 Å². The van der Waals surface area contributed by atoms with E-state index >= 15 is 0 Å². The summed E-state index contributed by atoms with van der Waals surface area (Å²) in [5.41, 5.74) is 1.04. The first-order chi connectivity index (χ1) is 12.6. The Morgan fingerprint density at radius 3 is 2.69 bits per heavy atom. The van der Waals surface area contributed by atoms with E-state index in [1.165, 1.54) is 0 Å². The van der Waals surface area contributed by atoms with Crippen LogP contribution in [0.4, 0.5) is 0 Å². The summed E-state index contributed by atoms with van der Waals surface area (Å²) in [6.45, 7) is 6.78. The van der Waals surface area contributed by atoms with Crippen molar-refractivity contribution < 1.29 is 14.3 Å². The first-order valence-electron chi connectivity index (χ1n) is 9.14. The van der Waals surface area contributed by atoms with E-state index in [9.17, 15) is 4.79 Å². The molecule has 0 aromatic heterocycles. The third-order valence-electron chi connectivity index (χ3n) is 4.40. The van der Waals surface area contributed by atoms with Gasteiger partial charge in [-0.1, -0.05) is 13.0 Å². The van der Waals surface area contributed by atoms with Gasteiger partial charge >= 0.3 is 0 Å². The van der Waals surface area contributed by atoms with E-state index in [0.717, 1.165) is 37.6 Å². The number of carbonyl (C=O) groups excluding carboxylic acids is 1. The Hall–Kier alpha value is -2.44. The lowest BCUT2D eigenvalue weighted by atomic mass is 10.2. The second-order valence-corrected chi connectivity index (χ2v) is 6.21. The number of hydrogen-bond acceptors (Lipinski definition) is 4. The highest BCUT2D eigenvalue weighted by Gasteiger charge is 2.25. The van der Waals surface area contributed by atoms with Crippen molar-refractivity contribution in [2.45, 2.75) is 39.3 Å². The van der Waals surface area contributed by atoms with Crippen molar-refractivity contribution in [1.29, 1.82) is 0 Å². The average Bonchev–Trinajstić information content (AvgIpc) is 3.13. The number of guanidine groups is 1. The molecule has 1 heterocycles. The van der Waals surface area contributed by atoms with Crippen molar-refractivity contribution in [2.75, 3.05) is 33.9 Å². The molecule has 2 N–H and O–H groups in total. The quantitative estimate of drug-likeness (QED) is 0.571. The Morgan fingerprint density at radius 1 is 1.27 bits per heavy atom. The molecule has 7 heteroatoms. The molecule has 0 saturated carbocycles. The molecule has 1 saturated heterocycles. The second kappa shape index (κ2) is 9.89. The summed E-state index contributed by atoms with van der Waals surface area (Å²) < 4.78 is 10.6. The van der Waals surface area contributed by atoms with Crippen LogP contribution in [0.15, 0.2) is 23.2 Å². The molecule has 1 aromatic rings. The zero-order chi connectivity index (χ0) is 18.9. The molecule has 26 heavy (non-hydrogen) atoms. The molecular weight excluding hydrogens is 332 g/mol. The number of amides is 1. The van der Waals surface area contributed by atoms with Gasteiger partial charge in [0.25, 0.3) is 0 Å². The van der Waals surface area contributed by atoms with Crippen LogP contribution in [0, 0.1) is 0 Å². The summed E-state index contributed by atoms with van der Waals surface area (Å²) in [6, 6.07) is 6.03. The first kappa shape index (κ1) is 19.9. The fourth-order valence-corrected chi connectivity index (χ4v) is 2.99.